The van der Waals surface area contributed by atoms with Gasteiger partial charge in [-0.15, -0.1) is 0 Å². The van der Waals surface area contributed by atoms with Crippen molar-refractivity contribution in [1.29, 1.82) is 0 Å². The topological polar surface area (TPSA) is 66.9 Å². The van der Waals surface area contributed by atoms with Crippen molar-refractivity contribution in [3.63, 3.8) is 0 Å². The molecular formula is C28H30ClFN2O4S. The first-order chi connectivity index (χ1) is 17.7. The number of halogens is 2. The number of amides is 1. The molecule has 4 rings (SSSR count). The van der Waals surface area contributed by atoms with Crippen molar-refractivity contribution >= 4 is 27.5 Å². The third-order valence-corrected chi connectivity index (χ3v) is 8.73. The number of carbonyl (C=O) groups excluding carboxylic acids is 1. The Labute approximate surface area is 222 Å². The normalized spacial score (nSPS) is 18.4. The lowest BCUT2D eigenvalue weighted by Crippen LogP contribution is -2.50. The molecule has 0 saturated carbocycles. The summed E-state index contributed by atoms with van der Waals surface area (Å²) in [5.74, 6) is -0.138. The van der Waals surface area contributed by atoms with Crippen LogP contribution in [-0.2, 0) is 21.4 Å². The van der Waals surface area contributed by atoms with E-state index >= 15 is 0 Å². The Morgan fingerprint density at radius 1 is 1.08 bits per heavy atom. The summed E-state index contributed by atoms with van der Waals surface area (Å²) in [5, 5.41) is 0.574. The summed E-state index contributed by atoms with van der Waals surface area (Å²) in [6.07, 6.45) is 1.27. The van der Waals surface area contributed by atoms with Crippen molar-refractivity contribution in [3.8, 4) is 5.75 Å². The van der Waals surface area contributed by atoms with Gasteiger partial charge in [0.1, 0.15) is 11.6 Å². The van der Waals surface area contributed by atoms with Crippen LogP contribution >= 0.6 is 11.6 Å². The molecule has 9 heteroatoms. The number of hydrogen-bond donors (Lipinski definition) is 0. The first-order valence-corrected chi connectivity index (χ1v) is 13.9. The van der Waals surface area contributed by atoms with Gasteiger partial charge in [-0.25, -0.2) is 12.8 Å². The average Bonchev–Trinajstić information content (AvgIpc) is 2.89. The van der Waals surface area contributed by atoms with Crippen molar-refractivity contribution in [2.75, 3.05) is 26.7 Å². The zero-order valence-corrected chi connectivity index (χ0v) is 22.2. The van der Waals surface area contributed by atoms with E-state index in [1.807, 2.05) is 30.3 Å². The van der Waals surface area contributed by atoms with Crippen LogP contribution in [0.1, 0.15) is 24.8 Å². The fourth-order valence-corrected chi connectivity index (χ4v) is 6.38. The van der Waals surface area contributed by atoms with Crippen LogP contribution in [0.5, 0.6) is 5.75 Å². The maximum atomic E-state index is 13.8. The van der Waals surface area contributed by atoms with Crippen LogP contribution in [0, 0.1) is 11.2 Å². The van der Waals surface area contributed by atoms with Gasteiger partial charge < -0.3 is 9.64 Å². The molecule has 3 aromatic rings. The van der Waals surface area contributed by atoms with E-state index in [2.05, 4.69) is 0 Å². The van der Waals surface area contributed by atoms with E-state index in [1.54, 1.807) is 36.2 Å². The molecule has 1 atom stereocenters. The number of benzene rings is 3. The number of hydrogen-bond acceptors (Lipinski definition) is 4. The number of rotatable bonds is 9. The zero-order valence-electron chi connectivity index (χ0n) is 20.6. The summed E-state index contributed by atoms with van der Waals surface area (Å²) in [6, 6.07) is 21.6. The van der Waals surface area contributed by atoms with E-state index in [-0.39, 0.29) is 36.9 Å². The molecule has 0 N–H and O–H groups in total. The summed E-state index contributed by atoms with van der Waals surface area (Å²) in [5.41, 5.74) is 0.240. The minimum absolute atomic E-state index is 0.0877. The smallest absolute Gasteiger partial charge is 0.243 e. The molecule has 0 aromatic heterocycles. The van der Waals surface area contributed by atoms with Crippen LogP contribution in [0.3, 0.4) is 0 Å². The standard InChI is InChI=1S/C28H30ClFN2O4S/c1-31(19-22-7-3-2-4-8-22)27(33)18-28(21-36-25-13-11-23(29)12-14-25)15-6-16-32(20-28)37(34,35)26-10-5-9-24(30)17-26/h2-5,7-14,17H,6,15-16,18-21H2,1H3. The Morgan fingerprint density at radius 2 is 1.81 bits per heavy atom. The van der Waals surface area contributed by atoms with Crippen LogP contribution in [-0.4, -0.2) is 50.3 Å². The molecule has 0 aliphatic carbocycles. The van der Waals surface area contributed by atoms with Gasteiger partial charge in [0.2, 0.25) is 15.9 Å². The monoisotopic (exact) mass is 544 g/mol. The summed E-state index contributed by atoms with van der Waals surface area (Å²) >= 11 is 5.99. The van der Waals surface area contributed by atoms with Gasteiger partial charge in [-0.05, 0) is 60.9 Å². The van der Waals surface area contributed by atoms with Gasteiger partial charge in [0.15, 0.2) is 0 Å². The maximum absolute atomic E-state index is 13.8. The number of ether oxygens (including phenoxy) is 1. The van der Waals surface area contributed by atoms with Crippen LogP contribution in [0.25, 0.3) is 0 Å². The third-order valence-electron chi connectivity index (χ3n) is 6.63. The molecule has 1 fully saturated rings. The van der Waals surface area contributed by atoms with Gasteiger partial charge in [0, 0.05) is 43.5 Å². The highest BCUT2D eigenvalue weighted by Gasteiger charge is 2.43. The number of nitrogens with zero attached hydrogens (tertiary/aromatic N) is 2. The van der Waals surface area contributed by atoms with Crippen molar-refractivity contribution in [3.05, 3.63) is 95.3 Å². The van der Waals surface area contributed by atoms with Gasteiger partial charge in [0.25, 0.3) is 0 Å². The summed E-state index contributed by atoms with van der Waals surface area (Å²) < 4.78 is 48.1. The summed E-state index contributed by atoms with van der Waals surface area (Å²) in [4.78, 5) is 14.9. The number of sulfonamides is 1. The highest BCUT2D eigenvalue weighted by atomic mass is 35.5. The second kappa shape index (κ2) is 11.6. The van der Waals surface area contributed by atoms with Crippen LogP contribution in [0.2, 0.25) is 5.02 Å². The van der Waals surface area contributed by atoms with E-state index in [1.165, 1.54) is 22.5 Å². The first-order valence-electron chi connectivity index (χ1n) is 12.1. The fraction of sp³-hybridized carbons (Fsp3) is 0.321. The third kappa shape index (κ3) is 6.89. The van der Waals surface area contributed by atoms with Gasteiger partial charge in [-0.3, -0.25) is 4.79 Å². The Bertz CT molecular complexity index is 1320. The minimum atomic E-state index is -3.95. The van der Waals surface area contributed by atoms with Crippen LogP contribution in [0.4, 0.5) is 4.39 Å². The molecule has 1 heterocycles. The van der Waals surface area contributed by atoms with Gasteiger partial charge in [0.05, 0.1) is 11.5 Å². The lowest BCUT2D eigenvalue weighted by atomic mass is 9.78. The predicted octanol–water partition coefficient (Wildman–Crippen LogP) is 5.38. The summed E-state index contributed by atoms with van der Waals surface area (Å²) in [7, 11) is -2.21. The molecule has 6 nitrogen and oxygen atoms in total. The number of carbonyl (C=O) groups is 1. The SMILES string of the molecule is CN(Cc1ccccc1)C(=O)CC1(COc2ccc(Cl)cc2)CCCN(S(=O)(=O)c2cccc(F)c2)C1. The first kappa shape index (κ1) is 27.1. The fourth-order valence-electron chi connectivity index (χ4n) is 4.63. The molecule has 37 heavy (non-hydrogen) atoms. The molecule has 1 aliphatic rings. The van der Waals surface area contributed by atoms with Crippen molar-refractivity contribution < 1.29 is 22.3 Å². The van der Waals surface area contributed by atoms with E-state index in [9.17, 15) is 17.6 Å². The second-order valence-electron chi connectivity index (χ2n) is 9.55. The quantitative estimate of drug-likeness (QED) is 0.363. The molecule has 196 valence electrons. The Kier molecular flexibility index (Phi) is 8.52. The van der Waals surface area contributed by atoms with Gasteiger partial charge >= 0.3 is 0 Å². The zero-order chi connectivity index (χ0) is 26.5. The highest BCUT2D eigenvalue weighted by Crippen LogP contribution is 2.37. The minimum Gasteiger partial charge on any atom is -0.493 e. The molecule has 1 unspecified atom stereocenters. The van der Waals surface area contributed by atoms with Gasteiger partial charge in [-0.1, -0.05) is 48.0 Å². The van der Waals surface area contributed by atoms with E-state index in [4.69, 9.17) is 16.3 Å². The molecule has 0 spiro atoms. The second-order valence-corrected chi connectivity index (χ2v) is 11.9. The molecule has 3 aromatic carbocycles. The van der Waals surface area contributed by atoms with E-state index in [0.29, 0.717) is 30.2 Å². The molecule has 1 aliphatic heterocycles. The van der Waals surface area contributed by atoms with E-state index in [0.717, 1.165) is 11.6 Å². The number of piperidine rings is 1. The molecular weight excluding hydrogens is 515 g/mol. The van der Waals surface area contributed by atoms with Crippen molar-refractivity contribution in [2.24, 2.45) is 5.41 Å². The lowest BCUT2D eigenvalue weighted by Gasteiger charge is -2.42. The lowest BCUT2D eigenvalue weighted by molar-refractivity contribution is -0.134. The average molecular weight is 545 g/mol. The van der Waals surface area contributed by atoms with Gasteiger partial charge in [-0.2, -0.15) is 4.31 Å². The molecule has 0 bridgehead atoms. The van der Waals surface area contributed by atoms with E-state index < -0.39 is 21.3 Å². The van der Waals surface area contributed by atoms with Crippen LogP contribution < -0.4 is 4.74 Å². The van der Waals surface area contributed by atoms with Crippen LogP contribution in [0.15, 0.2) is 83.8 Å². The predicted molar refractivity (Wildman–Crippen MR) is 141 cm³/mol. The Hall–Kier alpha value is -2.94. The molecule has 0 radical (unpaired) electrons. The maximum Gasteiger partial charge on any atom is 0.243 e. The largest absolute Gasteiger partial charge is 0.493 e. The molecule has 1 saturated heterocycles. The Morgan fingerprint density at radius 3 is 2.51 bits per heavy atom. The Balaban J connectivity index is 1.57. The van der Waals surface area contributed by atoms with Crippen molar-refractivity contribution in [1.82, 2.24) is 9.21 Å². The highest BCUT2D eigenvalue weighted by molar-refractivity contribution is 7.89. The molecule has 1 amide bonds. The summed E-state index contributed by atoms with van der Waals surface area (Å²) in [6.45, 7) is 0.966. The van der Waals surface area contributed by atoms with Crippen molar-refractivity contribution in [2.45, 2.75) is 30.7 Å².